The molecular weight excluding hydrogens is 380 g/mol. The summed E-state index contributed by atoms with van der Waals surface area (Å²) in [5, 5.41) is 4.46. The summed E-state index contributed by atoms with van der Waals surface area (Å²) in [5.41, 5.74) is 2.31. The maximum absolute atomic E-state index is 6.07. The smallest absolute Gasteiger partial charge is 0.0595 e. The molecule has 2 aromatic rings. The van der Waals surface area contributed by atoms with Crippen LogP contribution in [0.15, 0.2) is 42.5 Å². The van der Waals surface area contributed by atoms with E-state index in [1.807, 2.05) is 25.2 Å². The van der Waals surface area contributed by atoms with E-state index < -0.39 is 0 Å². The van der Waals surface area contributed by atoms with Crippen LogP contribution in [0.4, 0.5) is 0 Å². The Morgan fingerprint density at radius 3 is 2.11 bits per heavy atom. The van der Waals surface area contributed by atoms with Crippen molar-refractivity contribution in [1.82, 2.24) is 5.32 Å². The molecule has 1 N–H and O–H groups in total. The summed E-state index contributed by atoms with van der Waals surface area (Å²) in [6.07, 6.45) is 0. The quantitative estimate of drug-likeness (QED) is 0.733. The van der Waals surface area contributed by atoms with Crippen LogP contribution in [0.2, 0.25) is 10.0 Å². The van der Waals surface area contributed by atoms with Crippen molar-refractivity contribution in [3.63, 3.8) is 0 Å². The molecule has 0 saturated heterocycles. The molecule has 1 atom stereocenters. The van der Waals surface area contributed by atoms with Gasteiger partial charge in [0, 0.05) is 3.57 Å². The summed E-state index contributed by atoms with van der Waals surface area (Å²) in [6, 6.07) is 14.3. The summed E-state index contributed by atoms with van der Waals surface area (Å²) in [4.78, 5) is 0. The number of halogens is 3. The molecule has 18 heavy (non-hydrogen) atoms. The molecule has 94 valence electrons. The predicted molar refractivity (Wildman–Crippen MR) is 86.5 cm³/mol. The van der Waals surface area contributed by atoms with Crippen LogP contribution in [0.1, 0.15) is 17.2 Å². The van der Waals surface area contributed by atoms with Gasteiger partial charge in [-0.2, -0.15) is 0 Å². The minimum Gasteiger partial charge on any atom is -0.309 e. The molecule has 0 spiro atoms. The van der Waals surface area contributed by atoms with Crippen LogP contribution in [0.3, 0.4) is 0 Å². The fraction of sp³-hybridized carbons (Fsp3) is 0.143. The van der Waals surface area contributed by atoms with Crippen LogP contribution < -0.4 is 5.32 Å². The third kappa shape index (κ3) is 3.18. The van der Waals surface area contributed by atoms with E-state index in [9.17, 15) is 0 Å². The molecule has 2 rings (SSSR count). The lowest BCUT2D eigenvalue weighted by Crippen LogP contribution is -2.17. The average molecular weight is 392 g/mol. The van der Waals surface area contributed by atoms with Gasteiger partial charge >= 0.3 is 0 Å². The Kier molecular flexibility index (Phi) is 4.90. The Balaban J connectivity index is 2.38. The minimum atomic E-state index is 0.122. The fourth-order valence-corrected chi connectivity index (χ4v) is 2.54. The van der Waals surface area contributed by atoms with Gasteiger partial charge in [0.1, 0.15) is 0 Å². The highest BCUT2D eigenvalue weighted by atomic mass is 127. The first-order valence-corrected chi connectivity index (χ1v) is 7.33. The van der Waals surface area contributed by atoms with Crippen LogP contribution in [0.5, 0.6) is 0 Å². The van der Waals surface area contributed by atoms with Crippen molar-refractivity contribution in [1.29, 1.82) is 0 Å². The van der Waals surface area contributed by atoms with Crippen LogP contribution in [0.25, 0.3) is 0 Å². The van der Waals surface area contributed by atoms with Gasteiger partial charge in [-0.05, 0) is 65.0 Å². The van der Waals surface area contributed by atoms with Gasteiger partial charge in [0.15, 0.2) is 0 Å². The average Bonchev–Trinajstić information content (AvgIpc) is 2.37. The van der Waals surface area contributed by atoms with Gasteiger partial charge in [-0.3, -0.25) is 0 Å². The van der Waals surface area contributed by atoms with Crippen LogP contribution >= 0.6 is 45.8 Å². The lowest BCUT2D eigenvalue weighted by molar-refractivity contribution is 0.692. The highest BCUT2D eigenvalue weighted by Gasteiger charge is 2.12. The lowest BCUT2D eigenvalue weighted by Gasteiger charge is -2.18. The molecule has 0 fully saturated rings. The third-order valence-electron chi connectivity index (χ3n) is 2.77. The van der Waals surface area contributed by atoms with E-state index in [0.717, 1.165) is 5.56 Å². The highest BCUT2D eigenvalue weighted by molar-refractivity contribution is 14.1. The molecule has 0 amide bonds. The van der Waals surface area contributed by atoms with Gasteiger partial charge in [0.05, 0.1) is 16.1 Å². The molecule has 0 aromatic heterocycles. The Labute approximate surface area is 131 Å². The second-order valence-corrected chi connectivity index (χ2v) is 6.01. The zero-order chi connectivity index (χ0) is 13.1. The molecule has 0 aliphatic rings. The summed E-state index contributed by atoms with van der Waals surface area (Å²) < 4.78 is 1.22. The maximum atomic E-state index is 6.07. The van der Waals surface area contributed by atoms with Crippen molar-refractivity contribution in [3.05, 3.63) is 67.2 Å². The molecule has 0 heterocycles. The van der Waals surface area contributed by atoms with Gasteiger partial charge in [-0.25, -0.2) is 0 Å². The predicted octanol–water partition coefficient (Wildman–Crippen LogP) is 4.91. The molecule has 0 aliphatic carbocycles. The SMILES string of the molecule is CNC(c1ccc(I)cc1)c1ccc(Cl)c(Cl)c1. The largest absolute Gasteiger partial charge is 0.309 e. The second kappa shape index (κ2) is 6.24. The van der Waals surface area contributed by atoms with Crippen molar-refractivity contribution in [2.45, 2.75) is 6.04 Å². The minimum absolute atomic E-state index is 0.122. The summed E-state index contributed by atoms with van der Waals surface area (Å²) in [5.74, 6) is 0. The number of hydrogen-bond donors (Lipinski definition) is 1. The van der Waals surface area contributed by atoms with E-state index in [1.165, 1.54) is 9.13 Å². The van der Waals surface area contributed by atoms with E-state index in [-0.39, 0.29) is 6.04 Å². The summed E-state index contributed by atoms with van der Waals surface area (Å²) >= 11 is 14.3. The fourth-order valence-electron chi connectivity index (χ4n) is 1.87. The Morgan fingerprint density at radius 1 is 0.944 bits per heavy atom. The molecule has 1 nitrogen and oxygen atoms in total. The van der Waals surface area contributed by atoms with Crippen molar-refractivity contribution >= 4 is 45.8 Å². The molecular formula is C14H12Cl2IN. The summed E-state index contributed by atoms with van der Waals surface area (Å²) in [6.45, 7) is 0. The summed E-state index contributed by atoms with van der Waals surface area (Å²) in [7, 11) is 1.94. The third-order valence-corrected chi connectivity index (χ3v) is 4.23. The Bertz CT molecular complexity index is 540. The van der Waals surface area contributed by atoms with Crippen LogP contribution in [0, 0.1) is 3.57 Å². The molecule has 0 saturated carbocycles. The maximum Gasteiger partial charge on any atom is 0.0595 e. The van der Waals surface area contributed by atoms with E-state index >= 15 is 0 Å². The van der Waals surface area contributed by atoms with Gasteiger partial charge in [-0.1, -0.05) is 41.4 Å². The van der Waals surface area contributed by atoms with E-state index in [0.29, 0.717) is 10.0 Å². The van der Waals surface area contributed by atoms with Crippen molar-refractivity contribution in [2.75, 3.05) is 7.05 Å². The van der Waals surface area contributed by atoms with E-state index in [4.69, 9.17) is 23.2 Å². The molecule has 0 radical (unpaired) electrons. The first kappa shape index (κ1) is 14.1. The second-order valence-electron chi connectivity index (χ2n) is 3.95. The van der Waals surface area contributed by atoms with Crippen molar-refractivity contribution in [2.24, 2.45) is 0 Å². The Hall–Kier alpha value is -0.290. The molecule has 1 unspecified atom stereocenters. The monoisotopic (exact) mass is 391 g/mol. The molecule has 0 aliphatic heterocycles. The van der Waals surface area contributed by atoms with Crippen molar-refractivity contribution in [3.8, 4) is 0 Å². The van der Waals surface area contributed by atoms with Crippen LogP contribution in [-0.2, 0) is 0 Å². The zero-order valence-electron chi connectivity index (χ0n) is 9.75. The van der Waals surface area contributed by atoms with Gasteiger partial charge in [-0.15, -0.1) is 0 Å². The molecule has 0 bridgehead atoms. The normalized spacial score (nSPS) is 12.4. The number of nitrogens with one attached hydrogen (secondary N) is 1. The number of benzene rings is 2. The van der Waals surface area contributed by atoms with Gasteiger partial charge < -0.3 is 5.32 Å². The zero-order valence-corrected chi connectivity index (χ0v) is 13.4. The van der Waals surface area contributed by atoms with Crippen LogP contribution in [-0.4, -0.2) is 7.05 Å². The van der Waals surface area contributed by atoms with E-state index in [1.54, 1.807) is 0 Å². The topological polar surface area (TPSA) is 12.0 Å². The lowest BCUT2D eigenvalue weighted by atomic mass is 9.99. The van der Waals surface area contributed by atoms with Gasteiger partial charge in [0.25, 0.3) is 0 Å². The molecule has 4 heteroatoms. The standard InChI is InChI=1S/C14H12Cl2IN/c1-18-14(9-2-5-11(17)6-3-9)10-4-7-12(15)13(16)8-10/h2-8,14,18H,1H3. The Morgan fingerprint density at radius 2 is 1.56 bits per heavy atom. The van der Waals surface area contributed by atoms with E-state index in [2.05, 4.69) is 52.2 Å². The molecule has 2 aromatic carbocycles. The number of rotatable bonds is 3. The van der Waals surface area contributed by atoms with Crippen molar-refractivity contribution < 1.29 is 0 Å². The van der Waals surface area contributed by atoms with Gasteiger partial charge in [0.2, 0.25) is 0 Å². The first-order chi connectivity index (χ1) is 8.61. The first-order valence-electron chi connectivity index (χ1n) is 5.49. The number of hydrogen-bond acceptors (Lipinski definition) is 1. The highest BCUT2D eigenvalue weighted by Crippen LogP contribution is 2.28.